The van der Waals surface area contributed by atoms with Crippen LogP contribution in [0.1, 0.15) is 151 Å². The van der Waals surface area contributed by atoms with E-state index in [1.165, 1.54) is 11.1 Å². The van der Waals surface area contributed by atoms with Crippen LogP contribution in [0.15, 0.2) is 48.5 Å². The standard InChI is InChI=1S/C50H74N8O6.2ClH/c1-5-37(51-3)45(59)55-41(49(63)57-31-17-29-43(57)47(61)53-39-27-15-21-33-19-11-13-23-35(33)39)25-9-7-8-10-26-42(56-46(60)38(6-2)52-4)50(64)58-32-18-30-44(58)48(62)54-40-28-16-22-34-20-12-14-24-36(34)40;;/h11-14,19-20,23-24,37-44,51-52H,5-10,15-18,21-22,25-32H2,1-4H3,(H,53,61)(H,54,62)(H,55,59)(H,56,60);2*1H/t37-,38-,39+,40+,41-,42-,43-,44-;;/m0../s1. The third-order valence-electron chi connectivity index (χ3n) is 14.2. The second-order valence-electron chi connectivity index (χ2n) is 18.3. The molecule has 0 spiro atoms. The number of benzene rings is 2. The fraction of sp³-hybridized carbons (Fsp3) is 0.640. The van der Waals surface area contributed by atoms with Crippen molar-refractivity contribution >= 4 is 60.3 Å². The summed E-state index contributed by atoms with van der Waals surface area (Å²) in [7, 11) is 3.46. The number of aryl methyl sites for hydroxylation is 2. The molecular weight excluding hydrogens is 880 g/mol. The number of hydrogen-bond acceptors (Lipinski definition) is 8. The van der Waals surface area contributed by atoms with Gasteiger partial charge in [-0.1, -0.05) is 88.1 Å². The van der Waals surface area contributed by atoms with Gasteiger partial charge in [0.1, 0.15) is 24.2 Å². The Balaban J connectivity index is 0.00000476. The van der Waals surface area contributed by atoms with Crippen LogP contribution >= 0.6 is 24.8 Å². The first-order valence-electron chi connectivity index (χ1n) is 24.4. The number of carbonyl (C=O) groups excluding carboxylic acids is 6. The van der Waals surface area contributed by atoms with Crippen molar-refractivity contribution in [3.8, 4) is 0 Å². The summed E-state index contributed by atoms with van der Waals surface area (Å²) in [6.07, 6.45) is 12.9. The molecule has 2 saturated heterocycles. The second-order valence-corrected chi connectivity index (χ2v) is 18.3. The third-order valence-corrected chi connectivity index (χ3v) is 14.2. The van der Waals surface area contributed by atoms with E-state index in [-0.39, 0.29) is 72.3 Å². The molecule has 0 bridgehead atoms. The zero-order valence-electron chi connectivity index (χ0n) is 39.5. The zero-order chi connectivity index (χ0) is 45.6. The number of nitrogens with zero attached hydrogens (tertiary/aromatic N) is 2. The van der Waals surface area contributed by atoms with Crippen LogP contribution in [-0.2, 0) is 41.6 Å². The molecule has 2 aliphatic heterocycles. The lowest BCUT2D eigenvalue weighted by Gasteiger charge is -2.32. The first-order chi connectivity index (χ1) is 31.1. The lowest BCUT2D eigenvalue weighted by Crippen LogP contribution is -2.56. The molecule has 0 unspecified atom stereocenters. The van der Waals surface area contributed by atoms with Crippen molar-refractivity contribution < 1.29 is 28.8 Å². The summed E-state index contributed by atoms with van der Waals surface area (Å²) in [5.41, 5.74) is 4.80. The van der Waals surface area contributed by atoms with Gasteiger partial charge >= 0.3 is 0 Å². The molecule has 4 aliphatic rings. The van der Waals surface area contributed by atoms with Crippen LogP contribution < -0.4 is 31.9 Å². The van der Waals surface area contributed by atoms with Crippen LogP contribution in [0, 0.1) is 0 Å². The lowest BCUT2D eigenvalue weighted by molar-refractivity contribution is -0.142. The summed E-state index contributed by atoms with van der Waals surface area (Å²) in [5, 5.41) is 18.7. The summed E-state index contributed by atoms with van der Waals surface area (Å²) in [5.74, 6) is -1.26. The number of halogens is 2. The minimum absolute atomic E-state index is 0. The van der Waals surface area contributed by atoms with Gasteiger partial charge in [-0.3, -0.25) is 28.8 Å². The zero-order valence-corrected chi connectivity index (χ0v) is 41.2. The van der Waals surface area contributed by atoms with Gasteiger partial charge in [-0.2, -0.15) is 0 Å². The van der Waals surface area contributed by atoms with E-state index in [2.05, 4.69) is 56.2 Å². The van der Waals surface area contributed by atoms with Crippen molar-refractivity contribution in [1.29, 1.82) is 0 Å². The van der Waals surface area contributed by atoms with E-state index in [1.807, 2.05) is 38.1 Å². The number of amides is 6. The lowest BCUT2D eigenvalue weighted by atomic mass is 9.87. The quantitative estimate of drug-likeness (QED) is 0.0888. The molecule has 6 rings (SSSR count). The maximum Gasteiger partial charge on any atom is 0.245 e. The molecule has 0 aromatic heterocycles. The Morgan fingerprint density at radius 2 is 0.939 bits per heavy atom. The highest BCUT2D eigenvalue weighted by Gasteiger charge is 2.41. The maximum atomic E-state index is 14.3. The number of carbonyl (C=O) groups is 6. The summed E-state index contributed by atoms with van der Waals surface area (Å²) in [4.78, 5) is 86.5. The van der Waals surface area contributed by atoms with E-state index in [9.17, 15) is 28.8 Å². The van der Waals surface area contributed by atoms with E-state index in [1.54, 1.807) is 23.9 Å². The van der Waals surface area contributed by atoms with E-state index in [0.717, 1.165) is 62.5 Å². The first-order valence-corrected chi connectivity index (χ1v) is 24.4. The van der Waals surface area contributed by atoms with Crippen LogP contribution in [0.3, 0.4) is 0 Å². The van der Waals surface area contributed by atoms with Gasteiger partial charge in [0.2, 0.25) is 35.4 Å². The Kier molecular flexibility index (Phi) is 22.2. The van der Waals surface area contributed by atoms with Crippen molar-refractivity contribution in [2.45, 2.75) is 178 Å². The van der Waals surface area contributed by atoms with Crippen LogP contribution in [0.2, 0.25) is 0 Å². The van der Waals surface area contributed by atoms with Gasteiger partial charge in [-0.25, -0.2) is 0 Å². The van der Waals surface area contributed by atoms with Gasteiger partial charge < -0.3 is 41.7 Å². The number of fused-ring (bicyclic) bond motifs is 2. The average molecular weight is 956 g/mol. The fourth-order valence-electron chi connectivity index (χ4n) is 10.5. The minimum atomic E-state index is -0.792. The van der Waals surface area contributed by atoms with Crippen molar-refractivity contribution in [2.24, 2.45) is 0 Å². The van der Waals surface area contributed by atoms with Crippen molar-refractivity contribution in [3.63, 3.8) is 0 Å². The molecule has 14 nitrogen and oxygen atoms in total. The third kappa shape index (κ3) is 13.7. The molecule has 6 amide bonds. The topological polar surface area (TPSA) is 181 Å². The molecule has 366 valence electrons. The number of hydrogen-bond donors (Lipinski definition) is 6. The Labute approximate surface area is 404 Å². The van der Waals surface area contributed by atoms with Gasteiger partial charge in [0, 0.05) is 13.1 Å². The van der Waals surface area contributed by atoms with Crippen LogP contribution in [0.4, 0.5) is 0 Å². The normalized spacial score (nSPS) is 21.6. The SMILES string of the molecule is CC[C@H](NC)C(=O)N[C@@H](CCCCCC[C@H](NC(=O)[C@H](CC)NC)C(=O)N1CCC[C@H]1C(=O)N[C@@H]1CCCc2ccccc21)C(=O)N1CCC[C@H]1C(=O)N[C@@H]1CCCc2ccccc21.Cl.Cl. The molecule has 66 heavy (non-hydrogen) atoms. The number of rotatable bonds is 21. The summed E-state index contributed by atoms with van der Waals surface area (Å²) in [6, 6.07) is 12.6. The number of likely N-dealkylation sites (tertiary alicyclic amines) is 2. The van der Waals surface area contributed by atoms with E-state index >= 15 is 0 Å². The fourth-order valence-corrected chi connectivity index (χ4v) is 10.5. The van der Waals surface area contributed by atoms with Crippen LogP contribution in [0.25, 0.3) is 0 Å². The van der Waals surface area contributed by atoms with Gasteiger partial charge in [0.25, 0.3) is 0 Å². The number of likely N-dealkylation sites (N-methyl/N-ethyl adjacent to an activating group) is 2. The van der Waals surface area contributed by atoms with Gasteiger partial charge in [0.15, 0.2) is 0 Å². The van der Waals surface area contributed by atoms with E-state index in [0.29, 0.717) is 77.3 Å². The highest BCUT2D eigenvalue weighted by Crippen LogP contribution is 2.32. The summed E-state index contributed by atoms with van der Waals surface area (Å²) >= 11 is 0. The molecule has 2 aromatic carbocycles. The highest BCUT2D eigenvalue weighted by molar-refractivity contribution is 5.94. The Morgan fingerprint density at radius 3 is 1.32 bits per heavy atom. The van der Waals surface area contributed by atoms with Crippen molar-refractivity contribution in [3.05, 3.63) is 70.8 Å². The highest BCUT2D eigenvalue weighted by atomic mass is 35.5. The molecule has 2 fully saturated rings. The molecule has 2 heterocycles. The molecule has 16 heteroatoms. The first kappa shape index (κ1) is 54.4. The Morgan fingerprint density at radius 1 is 0.545 bits per heavy atom. The van der Waals surface area contributed by atoms with E-state index < -0.39 is 36.3 Å². The van der Waals surface area contributed by atoms with Crippen LogP contribution in [-0.4, -0.2) is 109 Å². The van der Waals surface area contributed by atoms with Crippen molar-refractivity contribution in [2.75, 3.05) is 27.2 Å². The van der Waals surface area contributed by atoms with Crippen LogP contribution in [0.5, 0.6) is 0 Å². The summed E-state index contributed by atoms with van der Waals surface area (Å²) < 4.78 is 0. The van der Waals surface area contributed by atoms with Gasteiger partial charge in [0.05, 0.1) is 24.2 Å². The summed E-state index contributed by atoms with van der Waals surface area (Å²) in [6.45, 7) is 4.74. The molecule has 2 aromatic rings. The predicted octanol–water partition coefficient (Wildman–Crippen LogP) is 5.51. The largest absolute Gasteiger partial charge is 0.347 e. The number of nitrogens with one attached hydrogen (secondary N) is 6. The average Bonchev–Trinajstić information content (AvgIpc) is 4.02. The maximum absolute atomic E-state index is 14.3. The van der Waals surface area contributed by atoms with Crippen molar-refractivity contribution in [1.82, 2.24) is 41.7 Å². The molecule has 8 atom stereocenters. The van der Waals surface area contributed by atoms with E-state index in [4.69, 9.17) is 0 Å². The predicted molar refractivity (Wildman–Crippen MR) is 262 cm³/mol. The molecular formula is C50H76Cl2N8O6. The monoisotopic (exact) mass is 955 g/mol. The molecule has 2 aliphatic carbocycles. The molecule has 0 saturated carbocycles. The Hall–Kier alpha value is -4.24. The van der Waals surface area contributed by atoms with Gasteiger partial charge in [-0.05, 0) is 126 Å². The molecule has 6 N–H and O–H groups in total. The van der Waals surface area contributed by atoms with Gasteiger partial charge in [-0.15, -0.1) is 24.8 Å². The Bertz CT molecular complexity index is 1790. The molecule has 0 radical (unpaired) electrons. The minimum Gasteiger partial charge on any atom is -0.347 e. The second kappa shape index (κ2) is 26.9. The number of unbranched alkanes of at least 4 members (excludes halogenated alkanes) is 3. The smallest absolute Gasteiger partial charge is 0.245 e.